The molecule has 0 rings (SSSR count). The van der Waals surface area contributed by atoms with Gasteiger partial charge in [-0.2, -0.15) is 0 Å². The topological polar surface area (TPSA) is 72.8 Å². The van der Waals surface area contributed by atoms with Gasteiger partial charge in [-0.1, -0.05) is 13.8 Å². The van der Waals surface area contributed by atoms with Gasteiger partial charge in [-0.05, 0) is 32.3 Å². The van der Waals surface area contributed by atoms with Crippen molar-refractivity contribution in [1.82, 2.24) is 0 Å². The van der Waals surface area contributed by atoms with Crippen molar-refractivity contribution >= 4 is 14.2 Å². The third-order valence-corrected chi connectivity index (χ3v) is 3.24. The molecule has 0 saturated heterocycles. The van der Waals surface area contributed by atoms with Crippen LogP contribution in [0.2, 0.25) is 0 Å². The van der Waals surface area contributed by atoms with Crippen LogP contribution in [0, 0.1) is 0 Å². The molecule has 1 atom stereocenters. The van der Waals surface area contributed by atoms with Crippen molar-refractivity contribution in [1.29, 1.82) is 0 Å². The third-order valence-electron chi connectivity index (χ3n) is 2.73. The maximum absolute atomic E-state index is 11.3. The Hall–Kier alpha value is -0.770. The summed E-state index contributed by atoms with van der Waals surface area (Å²) in [5, 5.41) is 0. The molecule has 0 amide bonds. The van der Waals surface area contributed by atoms with Crippen LogP contribution in [0.5, 0.6) is 0 Å². The molecule has 0 aromatic heterocycles. The maximum atomic E-state index is 11.3. The highest BCUT2D eigenvalue weighted by Crippen LogP contribution is 2.37. The standard InChI is InChI=1S/C11H19O5P/c1-5-11(6-2,16-17(13)14)9(4)8-10(12)15-7-3/h8H,5-7H2,1-4H3/p+1. The van der Waals surface area contributed by atoms with Crippen LogP contribution in [-0.4, -0.2) is 23.1 Å². The highest BCUT2D eigenvalue weighted by molar-refractivity contribution is 7.32. The number of hydrogen-bond donors (Lipinski definition) is 1. The number of esters is 1. The van der Waals surface area contributed by atoms with Crippen LogP contribution in [0.3, 0.4) is 0 Å². The van der Waals surface area contributed by atoms with Crippen LogP contribution in [0.4, 0.5) is 0 Å². The lowest BCUT2D eigenvalue weighted by Gasteiger charge is -2.25. The number of rotatable bonds is 7. The lowest BCUT2D eigenvalue weighted by molar-refractivity contribution is -0.137. The van der Waals surface area contributed by atoms with Crippen molar-refractivity contribution in [2.45, 2.75) is 46.1 Å². The first-order valence-electron chi connectivity index (χ1n) is 5.62. The first kappa shape index (κ1) is 16.2. The molecule has 0 heterocycles. The molecule has 0 aromatic rings. The Morgan fingerprint density at radius 3 is 2.24 bits per heavy atom. The second kappa shape index (κ2) is 7.54. The van der Waals surface area contributed by atoms with E-state index in [1.807, 2.05) is 13.8 Å². The Morgan fingerprint density at radius 2 is 1.88 bits per heavy atom. The lowest BCUT2D eigenvalue weighted by Crippen LogP contribution is -2.30. The molecule has 17 heavy (non-hydrogen) atoms. The zero-order valence-corrected chi connectivity index (χ0v) is 11.6. The van der Waals surface area contributed by atoms with E-state index in [-0.39, 0.29) is 0 Å². The number of carbonyl (C=O) groups is 1. The molecule has 0 bridgehead atoms. The molecule has 0 fully saturated rings. The normalized spacial score (nSPS) is 13.5. The quantitative estimate of drug-likeness (QED) is 0.434. The fraction of sp³-hybridized carbons (Fsp3) is 0.727. The molecule has 0 aliphatic carbocycles. The average molecular weight is 263 g/mol. The summed E-state index contributed by atoms with van der Waals surface area (Å²) >= 11 is 0. The van der Waals surface area contributed by atoms with E-state index >= 15 is 0 Å². The van der Waals surface area contributed by atoms with Gasteiger partial charge in [-0.3, -0.25) is 0 Å². The molecule has 6 heteroatoms. The van der Waals surface area contributed by atoms with E-state index in [2.05, 4.69) is 0 Å². The minimum atomic E-state index is -2.71. The zero-order chi connectivity index (χ0) is 13.5. The molecule has 0 saturated carbocycles. The number of hydrogen-bond acceptors (Lipinski definition) is 4. The summed E-state index contributed by atoms with van der Waals surface area (Å²) < 4.78 is 20.7. The molecular weight excluding hydrogens is 243 g/mol. The van der Waals surface area contributed by atoms with Crippen molar-refractivity contribution < 1.29 is 23.5 Å². The molecule has 0 aliphatic heterocycles. The predicted molar refractivity (Wildman–Crippen MR) is 64.6 cm³/mol. The van der Waals surface area contributed by atoms with Gasteiger partial charge in [0.1, 0.15) is 5.60 Å². The van der Waals surface area contributed by atoms with E-state index in [9.17, 15) is 9.36 Å². The Kier molecular flexibility index (Phi) is 7.19. The van der Waals surface area contributed by atoms with Gasteiger partial charge in [-0.15, -0.1) is 9.42 Å². The summed E-state index contributed by atoms with van der Waals surface area (Å²) in [4.78, 5) is 20.2. The Labute approximate surface area is 103 Å². The Morgan fingerprint density at radius 1 is 1.35 bits per heavy atom. The van der Waals surface area contributed by atoms with Gasteiger partial charge < -0.3 is 4.74 Å². The highest BCUT2D eigenvalue weighted by atomic mass is 31.1. The van der Waals surface area contributed by atoms with Crippen molar-refractivity contribution in [3.8, 4) is 0 Å². The summed E-state index contributed by atoms with van der Waals surface area (Å²) in [6.07, 6.45) is 2.33. The second-order valence-corrected chi connectivity index (χ2v) is 4.27. The van der Waals surface area contributed by atoms with Crippen molar-refractivity contribution in [3.63, 3.8) is 0 Å². The van der Waals surface area contributed by atoms with Crippen molar-refractivity contribution in [2.75, 3.05) is 6.61 Å². The van der Waals surface area contributed by atoms with Gasteiger partial charge in [0.15, 0.2) is 0 Å². The minimum Gasteiger partial charge on any atom is -0.463 e. The molecule has 0 aliphatic rings. The second-order valence-electron chi connectivity index (χ2n) is 3.61. The van der Waals surface area contributed by atoms with E-state index in [1.54, 1.807) is 13.8 Å². The molecular formula is C11H20O5P+. The number of carbonyl (C=O) groups excluding carboxylic acids is 1. The first-order valence-corrected chi connectivity index (χ1v) is 6.75. The molecule has 1 unspecified atom stereocenters. The number of ether oxygens (including phenoxy) is 1. The van der Waals surface area contributed by atoms with Crippen LogP contribution in [0.25, 0.3) is 0 Å². The van der Waals surface area contributed by atoms with E-state index in [0.29, 0.717) is 25.0 Å². The summed E-state index contributed by atoms with van der Waals surface area (Å²) in [5.74, 6) is -0.465. The summed E-state index contributed by atoms with van der Waals surface area (Å²) in [7, 11) is -2.71. The maximum Gasteiger partial charge on any atom is 0.695 e. The van der Waals surface area contributed by atoms with E-state index < -0.39 is 19.8 Å². The molecule has 1 N–H and O–H groups in total. The fourth-order valence-electron chi connectivity index (χ4n) is 1.65. The summed E-state index contributed by atoms with van der Waals surface area (Å²) in [5.41, 5.74) is -0.284. The first-order chi connectivity index (χ1) is 7.91. The Balaban J connectivity index is 5.04. The van der Waals surface area contributed by atoms with Gasteiger partial charge in [0.25, 0.3) is 0 Å². The van der Waals surface area contributed by atoms with Crippen LogP contribution < -0.4 is 0 Å². The molecule has 5 nitrogen and oxygen atoms in total. The largest absolute Gasteiger partial charge is 0.695 e. The van der Waals surface area contributed by atoms with Gasteiger partial charge in [0, 0.05) is 10.6 Å². The summed E-state index contributed by atoms with van der Waals surface area (Å²) in [6, 6.07) is 0. The zero-order valence-electron chi connectivity index (χ0n) is 10.7. The van der Waals surface area contributed by atoms with Gasteiger partial charge in [-0.25, -0.2) is 4.79 Å². The molecule has 98 valence electrons. The average Bonchev–Trinajstić information content (AvgIpc) is 2.25. The van der Waals surface area contributed by atoms with Gasteiger partial charge in [0.05, 0.1) is 6.61 Å². The van der Waals surface area contributed by atoms with Gasteiger partial charge >= 0.3 is 14.2 Å². The van der Waals surface area contributed by atoms with Crippen LogP contribution >= 0.6 is 8.25 Å². The predicted octanol–water partition coefficient (Wildman–Crippen LogP) is 2.72. The lowest BCUT2D eigenvalue weighted by atomic mass is 9.89. The minimum absolute atomic E-state index is 0.295. The van der Waals surface area contributed by atoms with Crippen molar-refractivity contribution in [3.05, 3.63) is 11.6 Å². The molecule has 0 spiro atoms. The van der Waals surface area contributed by atoms with Crippen molar-refractivity contribution in [2.24, 2.45) is 0 Å². The summed E-state index contributed by atoms with van der Waals surface area (Å²) in [6.45, 7) is 7.39. The third kappa shape index (κ3) is 4.94. The van der Waals surface area contributed by atoms with Crippen LogP contribution in [-0.2, 0) is 18.6 Å². The smallest absolute Gasteiger partial charge is 0.463 e. The van der Waals surface area contributed by atoms with Crippen LogP contribution in [0.15, 0.2) is 11.6 Å². The van der Waals surface area contributed by atoms with Gasteiger partial charge in [0.2, 0.25) is 0 Å². The Bertz CT molecular complexity index is 307. The van der Waals surface area contributed by atoms with E-state index in [1.165, 1.54) is 6.08 Å². The fourth-order valence-corrected chi connectivity index (χ4v) is 2.35. The molecule has 0 radical (unpaired) electrons. The molecule has 0 aromatic carbocycles. The monoisotopic (exact) mass is 263 g/mol. The SMILES string of the molecule is CCOC(=O)C=C(C)C(CC)(CC)O[P+](=O)O. The van der Waals surface area contributed by atoms with E-state index in [0.717, 1.165) is 0 Å². The van der Waals surface area contributed by atoms with E-state index in [4.69, 9.17) is 14.2 Å². The highest BCUT2D eigenvalue weighted by Gasteiger charge is 2.39. The van der Waals surface area contributed by atoms with Crippen LogP contribution in [0.1, 0.15) is 40.5 Å².